The van der Waals surface area contributed by atoms with Crippen LogP contribution in [0, 0.1) is 17.8 Å². The van der Waals surface area contributed by atoms with Crippen molar-refractivity contribution in [1.29, 1.82) is 0 Å². The van der Waals surface area contributed by atoms with Crippen LogP contribution in [-0.2, 0) is 9.84 Å². The number of piperidine rings is 1. The predicted octanol–water partition coefficient (Wildman–Crippen LogP) is 1.69. The van der Waals surface area contributed by atoms with E-state index in [1.807, 2.05) is 0 Å². The fraction of sp³-hybridized carbons (Fsp3) is 1.00. The molecule has 0 radical (unpaired) electrons. The van der Waals surface area contributed by atoms with Crippen LogP contribution in [0.2, 0.25) is 0 Å². The van der Waals surface area contributed by atoms with E-state index >= 15 is 0 Å². The number of nitrogens with one attached hydrogen (secondary N) is 1. The van der Waals surface area contributed by atoms with Crippen LogP contribution in [0.1, 0.15) is 34.6 Å². The lowest BCUT2D eigenvalue weighted by Crippen LogP contribution is -2.46. The van der Waals surface area contributed by atoms with Gasteiger partial charge in [-0.05, 0) is 51.6 Å². The highest BCUT2D eigenvalue weighted by Crippen LogP contribution is 2.29. The molecule has 16 heavy (non-hydrogen) atoms. The van der Waals surface area contributed by atoms with Crippen molar-refractivity contribution >= 4 is 9.84 Å². The van der Waals surface area contributed by atoms with Crippen molar-refractivity contribution in [1.82, 2.24) is 5.32 Å². The van der Waals surface area contributed by atoms with E-state index < -0.39 is 14.6 Å². The molecule has 0 aromatic heterocycles. The lowest BCUT2D eigenvalue weighted by molar-refractivity contribution is 0.217. The Kier molecular flexibility index (Phi) is 4.06. The Morgan fingerprint density at radius 2 is 1.56 bits per heavy atom. The Hall–Kier alpha value is -0.0900. The first-order chi connectivity index (χ1) is 7.15. The maximum absolute atomic E-state index is 12.2. The third-order valence-corrected chi connectivity index (χ3v) is 6.43. The Morgan fingerprint density at radius 1 is 1.12 bits per heavy atom. The van der Waals surface area contributed by atoms with Crippen LogP contribution in [0.15, 0.2) is 0 Å². The molecule has 1 aliphatic heterocycles. The normalized spacial score (nSPS) is 32.7. The van der Waals surface area contributed by atoms with Gasteiger partial charge in [-0.25, -0.2) is 8.42 Å². The SMILES string of the molecule is CC1CNCC(C)C1CS(=O)(=O)C(C)(C)C. The fourth-order valence-electron chi connectivity index (χ4n) is 2.23. The minimum Gasteiger partial charge on any atom is -0.316 e. The summed E-state index contributed by atoms with van der Waals surface area (Å²) >= 11 is 0. The number of sulfone groups is 1. The van der Waals surface area contributed by atoms with Crippen LogP contribution in [0.3, 0.4) is 0 Å². The van der Waals surface area contributed by atoms with Crippen molar-refractivity contribution in [2.24, 2.45) is 17.8 Å². The van der Waals surface area contributed by atoms with E-state index in [2.05, 4.69) is 19.2 Å². The molecule has 1 saturated heterocycles. The van der Waals surface area contributed by atoms with Crippen LogP contribution in [0.5, 0.6) is 0 Å². The summed E-state index contributed by atoms with van der Waals surface area (Å²) in [5, 5.41) is 3.34. The highest BCUT2D eigenvalue weighted by molar-refractivity contribution is 7.92. The molecule has 1 N–H and O–H groups in total. The first kappa shape index (κ1) is 14.0. The predicted molar refractivity (Wildman–Crippen MR) is 68.2 cm³/mol. The average molecular weight is 247 g/mol. The second-order valence-electron chi connectivity index (χ2n) is 6.17. The zero-order chi connectivity index (χ0) is 12.6. The first-order valence-electron chi connectivity index (χ1n) is 6.08. The quantitative estimate of drug-likeness (QED) is 0.808. The van der Waals surface area contributed by atoms with E-state index in [-0.39, 0.29) is 0 Å². The molecule has 2 unspecified atom stereocenters. The van der Waals surface area contributed by atoms with Gasteiger partial charge in [0.1, 0.15) is 0 Å². The van der Waals surface area contributed by atoms with Gasteiger partial charge in [0.2, 0.25) is 0 Å². The van der Waals surface area contributed by atoms with Gasteiger partial charge in [0.05, 0.1) is 10.5 Å². The van der Waals surface area contributed by atoms with Gasteiger partial charge in [-0.15, -0.1) is 0 Å². The highest BCUT2D eigenvalue weighted by Gasteiger charge is 2.36. The molecule has 0 aliphatic carbocycles. The monoisotopic (exact) mass is 247 g/mol. The molecule has 1 aliphatic rings. The Balaban J connectivity index is 2.80. The second-order valence-corrected chi connectivity index (χ2v) is 8.96. The van der Waals surface area contributed by atoms with Gasteiger partial charge in [0.25, 0.3) is 0 Å². The third-order valence-electron chi connectivity index (χ3n) is 3.74. The zero-order valence-corrected chi connectivity index (χ0v) is 11.9. The molecule has 1 heterocycles. The van der Waals surface area contributed by atoms with Crippen LogP contribution < -0.4 is 5.32 Å². The summed E-state index contributed by atoms with van der Waals surface area (Å²) in [4.78, 5) is 0. The molecular formula is C12H25NO2S. The van der Waals surface area contributed by atoms with Gasteiger partial charge in [0, 0.05) is 0 Å². The molecule has 0 bridgehead atoms. The molecule has 0 spiro atoms. The van der Waals surface area contributed by atoms with E-state index in [0.717, 1.165) is 13.1 Å². The van der Waals surface area contributed by atoms with E-state index in [1.54, 1.807) is 20.8 Å². The Labute approximate surface area is 99.9 Å². The molecular weight excluding hydrogens is 222 g/mol. The van der Waals surface area contributed by atoms with Crippen LogP contribution >= 0.6 is 0 Å². The zero-order valence-electron chi connectivity index (χ0n) is 11.1. The van der Waals surface area contributed by atoms with Crippen LogP contribution in [0.4, 0.5) is 0 Å². The lowest BCUT2D eigenvalue weighted by atomic mass is 9.82. The minimum atomic E-state index is -2.99. The van der Waals surface area contributed by atoms with Crippen molar-refractivity contribution in [2.75, 3.05) is 18.8 Å². The van der Waals surface area contributed by atoms with Crippen molar-refractivity contribution < 1.29 is 8.42 Å². The molecule has 4 heteroatoms. The second kappa shape index (κ2) is 4.65. The Bertz CT molecular complexity index is 319. The number of hydrogen-bond acceptors (Lipinski definition) is 3. The van der Waals surface area contributed by atoms with Crippen molar-refractivity contribution in [2.45, 2.75) is 39.4 Å². The van der Waals surface area contributed by atoms with Gasteiger partial charge in [-0.1, -0.05) is 13.8 Å². The van der Waals surface area contributed by atoms with Crippen molar-refractivity contribution in [3.05, 3.63) is 0 Å². The van der Waals surface area contributed by atoms with E-state index in [4.69, 9.17) is 0 Å². The number of rotatable bonds is 2. The smallest absolute Gasteiger partial charge is 0.155 e. The van der Waals surface area contributed by atoms with E-state index in [0.29, 0.717) is 23.5 Å². The maximum atomic E-state index is 12.2. The molecule has 3 nitrogen and oxygen atoms in total. The van der Waals surface area contributed by atoms with Crippen molar-refractivity contribution in [3.8, 4) is 0 Å². The first-order valence-corrected chi connectivity index (χ1v) is 7.73. The lowest BCUT2D eigenvalue weighted by Gasteiger charge is -2.36. The molecule has 96 valence electrons. The topological polar surface area (TPSA) is 46.2 Å². The summed E-state index contributed by atoms with van der Waals surface area (Å²) in [5.41, 5.74) is 0. The summed E-state index contributed by atoms with van der Waals surface area (Å²) in [6.45, 7) is 11.5. The summed E-state index contributed by atoms with van der Waals surface area (Å²) in [6, 6.07) is 0. The molecule has 0 aromatic rings. The van der Waals surface area contributed by atoms with Crippen LogP contribution in [0.25, 0.3) is 0 Å². The highest BCUT2D eigenvalue weighted by atomic mass is 32.2. The average Bonchev–Trinajstić information content (AvgIpc) is 2.10. The van der Waals surface area contributed by atoms with Crippen LogP contribution in [-0.4, -0.2) is 32.0 Å². The third kappa shape index (κ3) is 2.98. The Morgan fingerprint density at radius 3 is 1.94 bits per heavy atom. The van der Waals surface area contributed by atoms with Gasteiger partial charge in [-0.2, -0.15) is 0 Å². The fourth-order valence-corrected chi connectivity index (χ4v) is 3.90. The molecule has 0 aromatic carbocycles. The largest absolute Gasteiger partial charge is 0.316 e. The van der Waals surface area contributed by atoms with Gasteiger partial charge in [-0.3, -0.25) is 0 Å². The number of hydrogen-bond donors (Lipinski definition) is 1. The minimum absolute atomic E-state index is 0.297. The van der Waals surface area contributed by atoms with Gasteiger partial charge < -0.3 is 5.32 Å². The standard InChI is InChI=1S/C12H25NO2S/c1-9-6-13-7-10(2)11(9)8-16(14,15)12(3,4)5/h9-11,13H,6-8H2,1-5H3. The summed E-state index contributed by atoms with van der Waals surface area (Å²) < 4.78 is 23.8. The molecule has 2 atom stereocenters. The van der Waals surface area contributed by atoms with Gasteiger partial charge >= 0.3 is 0 Å². The summed E-state index contributed by atoms with van der Waals surface area (Å²) in [6.07, 6.45) is 0. The molecule has 0 amide bonds. The molecule has 1 rings (SSSR count). The van der Waals surface area contributed by atoms with Crippen molar-refractivity contribution in [3.63, 3.8) is 0 Å². The van der Waals surface area contributed by atoms with Gasteiger partial charge in [0.15, 0.2) is 9.84 Å². The van der Waals surface area contributed by atoms with E-state index in [1.165, 1.54) is 0 Å². The molecule has 1 fully saturated rings. The molecule has 0 saturated carbocycles. The maximum Gasteiger partial charge on any atom is 0.155 e. The van der Waals surface area contributed by atoms with E-state index in [9.17, 15) is 8.42 Å². The summed E-state index contributed by atoms with van der Waals surface area (Å²) in [5.74, 6) is 1.52. The summed E-state index contributed by atoms with van der Waals surface area (Å²) in [7, 11) is -2.99.